The maximum Gasteiger partial charge on any atom is 0.337 e. The van der Waals surface area contributed by atoms with E-state index in [1.165, 1.54) is 10.7 Å². The standard InChI is InChI=1S/C11H9ClN2O2/c1-7-9(12)6-14(13-7)10-5-3-2-4-8(10)11(15)16/h2-6H,1H3,(H,15,16). The first-order valence-electron chi connectivity index (χ1n) is 4.64. The Hall–Kier alpha value is -1.81. The lowest BCUT2D eigenvalue weighted by atomic mass is 10.2. The van der Waals surface area contributed by atoms with Gasteiger partial charge < -0.3 is 5.11 Å². The smallest absolute Gasteiger partial charge is 0.337 e. The summed E-state index contributed by atoms with van der Waals surface area (Å²) in [4.78, 5) is 11.0. The topological polar surface area (TPSA) is 55.1 Å². The predicted molar refractivity (Wildman–Crippen MR) is 60.3 cm³/mol. The first-order chi connectivity index (χ1) is 7.59. The van der Waals surface area contributed by atoms with Crippen LogP contribution < -0.4 is 0 Å². The maximum absolute atomic E-state index is 11.0. The van der Waals surface area contributed by atoms with Crippen molar-refractivity contribution in [1.82, 2.24) is 9.78 Å². The molecule has 0 saturated carbocycles. The molecule has 0 radical (unpaired) electrons. The van der Waals surface area contributed by atoms with Gasteiger partial charge in [0.25, 0.3) is 0 Å². The number of benzene rings is 1. The lowest BCUT2D eigenvalue weighted by Crippen LogP contribution is -2.05. The van der Waals surface area contributed by atoms with Crippen molar-refractivity contribution in [3.63, 3.8) is 0 Å². The van der Waals surface area contributed by atoms with Crippen molar-refractivity contribution in [3.05, 3.63) is 46.7 Å². The molecule has 0 atom stereocenters. The summed E-state index contributed by atoms with van der Waals surface area (Å²) in [7, 11) is 0. The van der Waals surface area contributed by atoms with Crippen LogP contribution in [0.2, 0.25) is 5.02 Å². The number of halogens is 1. The summed E-state index contributed by atoms with van der Waals surface area (Å²) in [5, 5.41) is 13.7. The first-order valence-corrected chi connectivity index (χ1v) is 5.02. The van der Waals surface area contributed by atoms with Crippen molar-refractivity contribution in [2.45, 2.75) is 6.92 Å². The van der Waals surface area contributed by atoms with E-state index in [4.69, 9.17) is 16.7 Å². The molecule has 0 aliphatic rings. The number of hydrogen-bond acceptors (Lipinski definition) is 2. The SMILES string of the molecule is Cc1nn(-c2ccccc2C(=O)O)cc1Cl. The summed E-state index contributed by atoms with van der Waals surface area (Å²) < 4.78 is 1.47. The molecular weight excluding hydrogens is 228 g/mol. The number of carboxylic acids is 1. The molecule has 0 spiro atoms. The second-order valence-corrected chi connectivity index (χ2v) is 3.74. The molecule has 0 aliphatic heterocycles. The van der Waals surface area contributed by atoms with E-state index in [0.717, 1.165) is 0 Å². The third-order valence-corrected chi connectivity index (χ3v) is 2.59. The van der Waals surface area contributed by atoms with Gasteiger partial charge >= 0.3 is 5.97 Å². The van der Waals surface area contributed by atoms with Crippen LogP contribution in [0.1, 0.15) is 16.1 Å². The zero-order valence-corrected chi connectivity index (χ0v) is 9.27. The molecule has 1 aromatic carbocycles. The van der Waals surface area contributed by atoms with Crippen LogP contribution in [0.25, 0.3) is 5.69 Å². The highest BCUT2D eigenvalue weighted by atomic mass is 35.5. The van der Waals surface area contributed by atoms with Crippen LogP contribution in [0, 0.1) is 6.92 Å². The number of carboxylic acid groups (broad SMARTS) is 1. The van der Waals surface area contributed by atoms with Gasteiger partial charge in [0, 0.05) is 6.20 Å². The number of hydrogen-bond donors (Lipinski definition) is 1. The zero-order chi connectivity index (χ0) is 11.7. The molecule has 2 rings (SSSR count). The second-order valence-electron chi connectivity index (χ2n) is 3.33. The Labute approximate surface area is 97.1 Å². The van der Waals surface area contributed by atoms with Crippen LogP contribution >= 0.6 is 11.6 Å². The normalized spacial score (nSPS) is 10.4. The number of para-hydroxylation sites is 1. The fourth-order valence-electron chi connectivity index (χ4n) is 1.42. The molecule has 5 heteroatoms. The van der Waals surface area contributed by atoms with Crippen molar-refractivity contribution in [1.29, 1.82) is 0 Å². The number of aromatic nitrogens is 2. The Kier molecular flexibility index (Phi) is 2.66. The van der Waals surface area contributed by atoms with E-state index < -0.39 is 5.97 Å². The first kappa shape index (κ1) is 10.7. The molecule has 4 nitrogen and oxygen atoms in total. The Morgan fingerprint density at radius 1 is 1.44 bits per heavy atom. The summed E-state index contributed by atoms with van der Waals surface area (Å²) in [6.07, 6.45) is 1.60. The molecule has 0 saturated heterocycles. The highest BCUT2D eigenvalue weighted by molar-refractivity contribution is 6.31. The fourth-order valence-corrected chi connectivity index (χ4v) is 1.55. The van der Waals surface area contributed by atoms with Crippen LogP contribution in [0.15, 0.2) is 30.5 Å². The molecule has 82 valence electrons. The Balaban J connectivity index is 2.59. The van der Waals surface area contributed by atoms with Gasteiger partial charge in [-0.25, -0.2) is 9.48 Å². The van der Waals surface area contributed by atoms with Crippen LogP contribution in [-0.4, -0.2) is 20.9 Å². The Morgan fingerprint density at radius 3 is 2.69 bits per heavy atom. The second kappa shape index (κ2) is 3.98. The van der Waals surface area contributed by atoms with Crippen molar-refractivity contribution in [2.75, 3.05) is 0 Å². The van der Waals surface area contributed by atoms with Gasteiger partial charge in [0.15, 0.2) is 0 Å². The van der Waals surface area contributed by atoms with Crippen LogP contribution in [0.4, 0.5) is 0 Å². The third kappa shape index (κ3) is 1.79. The monoisotopic (exact) mass is 236 g/mol. The highest BCUT2D eigenvalue weighted by Gasteiger charge is 2.12. The molecular formula is C11H9ClN2O2. The maximum atomic E-state index is 11.0. The highest BCUT2D eigenvalue weighted by Crippen LogP contribution is 2.19. The number of aromatic carboxylic acids is 1. The molecule has 0 amide bonds. The summed E-state index contributed by atoms with van der Waals surface area (Å²) in [5.41, 5.74) is 1.37. The summed E-state index contributed by atoms with van der Waals surface area (Å²) in [5.74, 6) is -0.986. The molecule has 1 heterocycles. The van der Waals surface area contributed by atoms with E-state index in [1.807, 2.05) is 0 Å². The average Bonchev–Trinajstić information content (AvgIpc) is 2.59. The van der Waals surface area contributed by atoms with Gasteiger partial charge in [-0.15, -0.1) is 0 Å². The van der Waals surface area contributed by atoms with Gasteiger partial charge in [-0.2, -0.15) is 5.10 Å². The van der Waals surface area contributed by atoms with Crippen molar-refractivity contribution >= 4 is 17.6 Å². The average molecular weight is 237 g/mol. The fraction of sp³-hybridized carbons (Fsp3) is 0.0909. The minimum Gasteiger partial charge on any atom is -0.478 e. The van der Waals surface area contributed by atoms with E-state index in [-0.39, 0.29) is 5.56 Å². The van der Waals surface area contributed by atoms with E-state index >= 15 is 0 Å². The van der Waals surface area contributed by atoms with Gasteiger partial charge in [-0.3, -0.25) is 0 Å². The van der Waals surface area contributed by atoms with E-state index in [1.54, 1.807) is 31.3 Å². The quantitative estimate of drug-likeness (QED) is 0.872. The van der Waals surface area contributed by atoms with Crippen molar-refractivity contribution in [3.8, 4) is 5.69 Å². The minimum atomic E-state index is -0.986. The Bertz CT molecular complexity index is 529. The summed E-state index contributed by atoms with van der Waals surface area (Å²) >= 11 is 5.88. The van der Waals surface area contributed by atoms with E-state index in [0.29, 0.717) is 16.4 Å². The molecule has 0 fully saturated rings. The number of aryl methyl sites for hydroxylation is 1. The number of rotatable bonds is 2. The van der Waals surface area contributed by atoms with Gasteiger partial charge in [0.05, 0.1) is 22.0 Å². The predicted octanol–water partition coefficient (Wildman–Crippen LogP) is 2.53. The van der Waals surface area contributed by atoms with Crippen LogP contribution in [-0.2, 0) is 0 Å². The zero-order valence-electron chi connectivity index (χ0n) is 8.51. The molecule has 2 aromatic rings. The molecule has 0 unspecified atom stereocenters. The van der Waals surface area contributed by atoms with Crippen LogP contribution in [0.3, 0.4) is 0 Å². The number of carbonyl (C=O) groups is 1. The Morgan fingerprint density at radius 2 is 2.12 bits per heavy atom. The summed E-state index contributed by atoms with van der Waals surface area (Å²) in [6.45, 7) is 1.77. The van der Waals surface area contributed by atoms with Gasteiger partial charge in [-0.05, 0) is 19.1 Å². The van der Waals surface area contributed by atoms with Gasteiger partial charge in [-0.1, -0.05) is 23.7 Å². The van der Waals surface area contributed by atoms with Gasteiger partial charge in [0.2, 0.25) is 0 Å². The third-order valence-electron chi connectivity index (χ3n) is 2.22. The van der Waals surface area contributed by atoms with Crippen molar-refractivity contribution in [2.24, 2.45) is 0 Å². The van der Waals surface area contributed by atoms with Crippen molar-refractivity contribution < 1.29 is 9.90 Å². The van der Waals surface area contributed by atoms with E-state index in [2.05, 4.69) is 5.10 Å². The van der Waals surface area contributed by atoms with Gasteiger partial charge in [0.1, 0.15) is 0 Å². The minimum absolute atomic E-state index is 0.196. The molecule has 0 aliphatic carbocycles. The van der Waals surface area contributed by atoms with Crippen LogP contribution in [0.5, 0.6) is 0 Å². The molecule has 16 heavy (non-hydrogen) atoms. The molecule has 1 N–H and O–H groups in total. The lowest BCUT2D eigenvalue weighted by Gasteiger charge is -2.04. The lowest BCUT2D eigenvalue weighted by molar-refractivity contribution is 0.0696. The molecule has 1 aromatic heterocycles. The molecule has 0 bridgehead atoms. The van der Waals surface area contributed by atoms with E-state index in [9.17, 15) is 4.79 Å². The summed E-state index contributed by atoms with van der Waals surface area (Å²) in [6, 6.07) is 6.65. The largest absolute Gasteiger partial charge is 0.478 e. The number of nitrogens with zero attached hydrogens (tertiary/aromatic N) is 2.